The lowest BCUT2D eigenvalue weighted by atomic mass is 9.81. The van der Waals surface area contributed by atoms with E-state index >= 15 is 0 Å². The maximum absolute atomic E-state index is 10.3. The maximum Gasteiger partial charge on any atom is 0.204 e. The third-order valence-electron chi connectivity index (χ3n) is 4.75. The number of nitrogens with one attached hydrogen (secondary N) is 1. The molecular formula is C20H22N2O2S2. The van der Waals surface area contributed by atoms with Crippen LogP contribution >= 0.6 is 23.6 Å². The smallest absolute Gasteiger partial charge is 0.204 e. The molecule has 0 amide bonds. The highest BCUT2D eigenvalue weighted by Gasteiger charge is 2.22. The van der Waals surface area contributed by atoms with Crippen molar-refractivity contribution in [3.05, 3.63) is 56.5 Å². The zero-order chi connectivity index (χ0) is 18.9. The second-order valence-electron chi connectivity index (χ2n) is 6.95. The van der Waals surface area contributed by atoms with Crippen LogP contribution in [0.15, 0.2) is 36.4 Å². The van der Waals surface area contributed by atoms with Gasteiger partial charge in [-0.15, -0.1) is 11.3 Å². The van der Waals surface area contributed by atoms with Gasteiger partial charge >= 0.3 is 0 Å². The number of phenols is 1. The van der Waals surface area contributed by atoms with Gasteiger partial charge in [0.25, 0.3) is 0 Å². The molecule has 0 saturated carbocycles. The van der Waals surface area contributed by atoms with Crippen LogP contribution in [-0.2, 0) is 11.8 Å². The molecule has 0 aliphatic rings. The van der Waals surface area contributed by atoms with Crippen LogP contribution < -0.4 is 0 Å². The normalized spacial score (nSPS) is 11.7. The number of H-pyrrole nitrogens is 1. The van der Waals surface area contributed by atoms with Gasteiger partial charge in [0.1, 0.15) is 5.75 Å². The zero-order valence-corrected chi connectivity index (χ0v) is 16.7. The Bertz CT molecular complexity index is 989. The lowest BCUT2D eigenvalue weighted by Gasteiger charge is -2.25. The Kier molecular flexibility index (Phi) is 5.16. The molecule has 0 atom stereocenters. The second-order valence-corrected chi connectivity index (χ2v) is 8.72. The molecule has 3 aromatic rings. The first-order valence-corrected chi connectivity index (χ1v) is 9.73. The molecular weight excluding hydrogens is 364 g/mol. The maximum atomic E-state index is 10.3. The number of pyridine rings is 1. The first-order chi connectivity index (χ1) is 12.3. The summed E-state index contributed by atoms with van der Waals surface area (Å²) in [5.74, 6) is 0.428. The Morgan fingerprint density at radius 3 is 2.62 bits per heavy atom. The van der Waals surface area contributed by atoms with Crippen molar-refractivity contribution in [3.8, 4) is 22.9 Å². The monoisotopic (exact) mass is 386 g/mol. The lowest BCUT2D eigenvalue weighted by Crippen LogP contribution is -2.15. The Morgan fingerprint density at radius 2 is 1.96 bits per heavy atom. The molecule has 0 aliphatic carbocycles. The number of benzene rings is 1. The highest BCUT2D eigenvalue weighted by atomic mass is 32.1. The van der Waals surface area contributed by atoms with Gasteiger partial charge in [-0.25, -0.2) is 0 Å². The van der Waals surface area contributed by atoms with Gasteiger partial charge in [0.05, 0.1) is 10.6 Å². The molecule has 0 unspecified atom stereocenters. The summed E-state index contributed by atoms with van der Waals surface area (Å²) in [6, 6.07) is 11.5. The SMILES string of the molecule is CCC(C)(C)c1cc(-c2cccc(Cc3sc(=S)[nH]c3O)n2)ccc1O. The number of phenolic OH excluding ortho intramolecular Hbond substituents is 1. The third kappa shape index (κ3) is 3.81. The summed E-state index contributed by atoms with van der Waals surface area (Å²) in [5.41, 5.74) is 3.47. The van der Waals surface area contributed by atoms with Crippen LogP contribution in [-0.4, -0.2) is 20.2 Å². The molecule has 0 saturated heterocycles. The summed E-state index contributed by atoms with van der Waals surface area (Å²) < 4.78 is 0.554. The summed E-state index contributed by atoms with van der Waals surface area (Å²) in [6.07, 6.45) is 1.44. The number of aromatic amines is 1. The summed E-state index contributed by atoms with van der Waals surface area (Å²) >= 11 is 6.43. The number of hydrogen-bond donors (Lipinski definition) is 3. The van der Waals surface area contributed by atoms with E-state index < -0.39 is 0 Å². The van der Waals surface area contributed by atoms with Gasteiger partial charge in [-0.05, 0) is 54.4 Å². The topological polar surface area (TPSA) is 69.1 Å². The molecule has 6 heteroatoms. The zero-order valence-electron chi connectivity index (χ0n) is 15.0. The van der Waals surface area contributed by atoms with E-state index in [1.54, 1.807) is 6.07 Å². The van der Waals surface area contributed by atoms with Crippen molar-refractivity contribution >= 4 is 23.6 Å². The molecule has 2 heterocycles. The van der Waals surface area contributed by atoms with Crippen molar-refractivity contribution in [2.75, 3.05) is 0 Å². The number of rotatable bonds is 5. The molecule has 3 rings (SSSR count). The van der Waals surface area contributed by atoms with Crippen molar-refractivity contribution in [1.82, 2.24) is 9.97 Å². The first kappa shape index (κ1) is 18.6. The fourth-order valence-electron chi connectivity index (χ4n) is 2.80. The molecule has 0 fully saturated rings. The Balaban J connectivity index is 1.97. The van der Waals surface area contributed by atoms with Crippen LogP contribution in [0.4, 0.5) is 0 Å². The minimum absolute atomic E-state index is 0.115. The van der Waals surface area contributed by atoms with E-state index in [1.165, 1.54) is 11.3 Å². The Labute approximate surface area is 162 Å². The molecule has 0 aliphatic heterocycles. The summed E-state index contributed by atoms with van der Waals surface area (Å²) in [5, 5.41) is 20.2. The molecule has 4 nitrogen and oxygen atoms in total. The van der Waals surface area contributed by atoms with Gasteiger partial charge in [0.2, 0.25) is 5.88 Å². The predicted molar refractivity (Wildman–Crippen MR) is 109 cm³/mol. The van der Waals surface area contributed by atoms with Crippen LogP contribution in [0.2, 0.25) is 0 Å². The van der Waals surface area contributed by atoms with E-state index in [0.29, 0.717) is 16.1 Å². The average molecular weight is 387 g/mol. The van der Waals surface area contributed by atoms with Crippen molar-refractivity contribution < 1.29 is 10.2 Å². The van der Waals surface area contributed by atoms with Gasteiger partial charge in [-0.1, -0.05) is 26.8 Å². The van der Waals surface area contributed by atoms with E-state index in [9.17, 15) is 10.2 Å². The summed E-state index contributed by atoms with van der Waals surface area (Å²) in [4.78, 5) is 8.25. The highest BCUT2D eigenvalue weighted by molar-refractivity contribution is 7.73. The molecule has 136 valence electrons. The largest absolute Gasteiger partial charge is 0.508 e. The third-order valence-corrected chi connectivity index (χ3v) is 5.98. The average Bonchev–Trinajstić information content (AvgIpc) is 2.92. The van der Waals surface area contributed by atoms with E-state index in [0.717, 1.165) is 33.8 Å². The quantitative estimate of drug-likeness (QED) is 0.502. The van der Waals surface area contributed by atoms with Gasteiger partial charge in [-0.3, -0.25) is 4.98 Å². The predicted octanol–water partition coefficient (Wildman–Crippen LogP) is 5.56. The first-order valence-electron chi connectivity index (χ1n) is 8.51. The summed E-state index contributed by atoms with van der Waals surface area (Å²) in [7, 11) is 0. The second kappa shape index (κ2) is 7.21. The number of aromatic nitrogens is 2. The number of hydrogen-bond acceptors (Lipinski definition) is 5. The number of nitrogens with zero attached hydrogens (tertiary/aromatic N) is 1. The fraction of sp³-hybridized carbons (Fsp3) is 0.300. The van der Waals surface area contributed by atoms with E-state index in [1.807, 2.05) is 30.3 Å². The fourth-order valence-corrected chi connectivity index (χ4v) is 3.94. The minimum Gasteiger partial charge on any atom is -0.508 e. The molecule has 26 heavy (non-hydrogen) atoms. The summed E-state index contributed by atoms with van der Waals surface area (Å²) in [6.45, 7) is 6.36. The van der Waals surface area contributed by atoms with Crippen LogP contribution in [0.3, 0.4) is 0 Å². The van der Waals surface area contributed by atoms with E-state index in [4.69, 9.17) is 17.2 Å². The molecule has 1 aromatic carbocycles. The van der Waals surface area contributed by atoms with Crippen LogP contribution in [0.1, 0.15) is 43.3 Å². The Morgan fingerprint density at radius 1 is 1.19 bits per heavy atom. The highest BCUT2D eigenvalue weighted by Crippen LogP contribution is 2.36. The van der Waals surface area contributed by atoms with Gasteiger partial charge in [0.15, 0.2) is 3.95 Å². The number of thiazole rings is 1. The van der Waals surface area contributed by atoms with Gasteiger partial charge in [-0.2, -0.15) is 0 Å². The Hall–Kier alpha value is -2.18. The van der Waals surface area contributed by atoms with E-state index in [-0.39, 0.29) is 11.3 Å². The minimum atomic E-state index is -0.115. The van der Waals surface area contributed by atoms with Crippen LogP contribution in [0, 0.1) is 3.95 Å². The van der Waals surface area contributed by atoms with Crippen molar-refractivity contribution in [2.45, 2.75) is 39.0 Å². The molecule has 0 bridgehead atoms. The molecule has 3 N–H and O–H groups in total. The molecule has 0 radical (unpaired) electrons. The van der Waals surface area contributed by atoms with Gasteiger partial charge in [0, 0.05) is 23.2 Å². The van der Waals surface area contributed by atoms with Crippen molar-refractivity contribution in [1.29, 1.82) is 0 Å². The van der Waals surface area contributed by atoms with Crippen molar-refractivity contribution in [3.63, 3.8) is 0 Å². The van der Waals surface area contributed by atoms with Crippen molar-refractivity contribution in [2.24, 2.45) is 0 Å². The van der Waals surface area contributed by atoms with Crippen LogP contribution in [0.25, 0.3) is 11.3 Å². The molecule has 0 spiro atoms. The van der Waals surface area contributed by atoms with Crippen LogP contribution in [0.5, 0.6) is 11.6 Å². The standard InChI is InChI=1S/C20H22N2O2S2/c1-4-20(2,3)14-10-12(8-9-16(14)23)15-7-5-6-13(21-15)11-17-18(24)22-19(25)26-17/h5-10,23-24H,4,11H2,1-3H3,(H,22,25). The van der Waals surface area contributed by atoms with Gasteiger partial charge < -0.3 is 15.2 Å². The van der Waals surface area contributed by atoms with E-state index in [2.05, 4.69) is 25.8 Å². The lowest BCUT2D eigenvalue weighted by molar-refractivity contribution is 0.429. The molecule has 2 aromatic heterocycles. The number of aromatic hydroxyl groups is 2.